The van der Waals surface area contributed by atoms with Gasteiger partial charge in [-0.15, -0.1) is 11.8 Å². The number of nitrogens with zero attached hydrogens (tertiary/aromatic N) is 2. The maximum Gasteiger partial charge on any atom is 0.256 e. The lowest BCUT2D eigenvalue weighted by Crippen LogP contribution is -2.47. The van der Waals surface area contributed by atoms with E-state index in [4.69, 9.17) is 0 Å². The molecule has 6 nitrogen and oxygen atoms in total. The third-order valence-electron chi connectivity index (χ3n) is 5.20. The topological polar surface area (TPSA) is 69.7 Å². The van der Waals surface area contributed by atoms with Gasteiger partial charge in [-0.3, -0.25) is 14.4 Å². The predicted octanol–water partition coefficient (Wildman–Crippen LogP) is 3.14. The van der Waals surface area contributed by atoms with Gasteiger partial charge >= 0.3 is 0 Å². The fourth-order valence-corrected chi connectivity index (χ4v) is 4.30. The number of benzene rings is 2. The highest BCUT2D eigenvalue weighted by molar-refractivity contribution is 7.98. The minimum Gasteiger partial charge on any atom is -0.327 e. The summed E-state index contributed by atoms with van der Waals surface area (Å²) in [6.07, 6.45) is 3.20. The lowest BCUT2D eigenvalue weighted by molar-refractivity contribution is -0.124. The minimum absolute atomic E-state index is 0.141. The summed E-state index contributed by atoms with van der Waals surface area (Å²) in [5.41, 5.74) is 0.992. The van der Waals surface area contributed by atoms with E-state index in [-0.39, 0.29) is 29.6 Å². The molecule has 1 atom stereocenters. The van der Waals surface area contributed by atoms with E-state index in [1.54, 1.807) is 17.8 Å². The zero-order chi connectivity index (χ0) is 20.5. The zero-order valence-electron chi connectivity index (χ0n) is 15.9. The predicted molar refractivity (Wildman–Crippen MR) is 110 cm³/mol. The first-order valence-corrected chi connectivity index (χ1v) is 10.6. The first kappa shape index (κ1) is 19.4. The Labute approximate surface area is 172 Å². The summed E-state index contributed by atoms with van der Waals surface area (Å²) in [6.45, 7) is 0.184. The second-order valence-electron chi connectivity index (χ2n) is 7.02. The molecule has 29 heavy (non-hydrogen) atoms. The number of halogens is 1. The number of carbonyl (C=O) groups is 3. The second kappa shape index (κ2) is 7.87. The molecule has 1 fully saturated rings. The van der Waals surface area contributed by atoms with Crippen molar-refractivity contribution in [3.05, 3.63) is 53.8 Å². The molecule has 0 radical (unpaired) electrons. The largest absolute Gasteiger partial charge is 0.327 e. The van der Waals surface area contributed by atoms with Crippen molar-refractivity contribution in [2.24, 2.45) is 0 Å². The van der Waals surface area contributed by atoms with Crippen LogP contribution in [0.5, 0.6) is 0 Å². The van der Waals surface area contributed by atoms with Gasteiger partial charge in [0.05, 0.1) is 11.3 Å². The van der Waals surface area contributed by atoms with Crippen molar-refractivity contribution < 1.29 is 18.8 Å². The number of anilines is 2. The van der Waals surface area contributed by atoms with Crippen LogP contribution in [-0.2, 0) is 9.59 Å². The van der Waals surface area contributed by atoms with E-state index in [2.05, 4.69) is 5.32 Å². The van der Waals surface area contributed by atoms with Crippen LogP contribution in [0.3, 0.4) is 0 Å². The number of nitrogens with one attached hydrogen (secondary N) is 1. The van der Waals surface area contributed by atoms with Gasteiger partial charge in [0.2, 0.25) is 11.8 Å². The molecule has 8 heteroatoms. The first-order valence-electron chi connectivity index (χ1n) is 9.34. The summed E-state index contributed by atoms with van der Waals surface area (Å²) in [6, 6.07) is 10.5. The van der Waals surface area contributed by atoms with Crippen molar-refractivity contribution in [1.82, 2.24) is 4.90 Å². The Bertz CT molecular complexity index is 997. The van der Waals surface area contributed by atoms with Crippen LogP contribution in [-0.4, -0.2) is 48.0 Å². The van der Waals surface area contributed by atoms with Crippen molar-refractivity contribution in [1.29, 1.82) is 0 Å². The van der Waals surface area contributed by atoms with Crippen molar-refractivity contribution in [2.45, 2.75) is 23.8 Å². The molecule has 4 rings (SSSR count). The molecule has 3 amide bonds. The van der Waals surface area contributed by atoms with Gasteiger partial charge in [-0.25, -0.2) is 4.39 Å². The van der Waals surface area contributed by atoms with Crippen LogP contribution in [0.15, 0.2) is 47.4 Å². The molecule has 0 unspecified atom stereocenters. The lowest BCUT2D eigenvalue weighted by atomic mass is 10.1. The Morgan fingerprint density at radius 3 is 2.86 bits per heavy atom. The van der Waals surface area contributed by atoms with Gasteiger partial charge in [0.15, 0.2) is 0 Å². The van der Waals surface area contributed by atoms with Gasteiger partial charge in [0.25, 0.3) is 5.91 Å². The Kier molecular flexibility index (Phi) is 5.27. The molecule has 2 aliphatic heterocycles. The van der Waals surface area contributed by atoms with Gasteiger partial charge in [-0.1, -0.05) is 6.07 Å². The highest BCUT2D eigenvalue weighted by atomic mass is 32.2. The molecule has 2 aliphatic rings. The number of rotatable bonds is 4. The number of thioether (sulfide) groups is 1. The van der Waals surface area contributed by atoms with Gasteiger partial charge < -0.3 is 15.1 Å². The van der Waals surface area contributed by atoms with E-state index in [9.17, 15) is 18.8 Å². The maximum atomic E-state index is 13.9. The molecule has 0 spiro atoms. The smallest absolute Gasteiger partial charge is 0.256 e. The molecule has 2 aromatic rings. The van der Waals surface area contributed by atoms with Crippen molar-refractivity contribution in [3.8, 4) is 0 Å². The number of amides is 3. The van der Waals surface area contributed by atoms with E-state index in [1.165, 1.54) is 21.9 Å². The normalized spacial score (nSPS) is 18.3. The van der Waals surface area contributed by atoms with E-state index >= 15 is 0 Å². The van der Waals surface area contributed by atoms with E-state index < -0.39 is 17.8 Å². The van der Waals surface area contributed by atoms with Gasteiger partial charge in [-0.2, -0.15) is 0 Å². The SMILES string of the molecule is CSc1cccc(NC(=O)CN2C(=O)[C@H]3CCCN3C(=O)c3ccc(F)cc32)c1. The third kappa shape index (κ3) is 3.72. The Morgan fingerprint density at radius 1 is 1.24 bits per heavy atom. The molecular weight excluding hydrogens is 393 g/mol. The Hall–Kier alpha value is -2.87. The number of hydrogen-bond donors (Lipinski definition) is 1. The lowest BCUT2D eigenvalue weighted by Gasteiger charge is -2.25. The average molecular weight is 413 g/mol. The molecule has 1 N–H and O–H groups in total. The quantitative estimate of drug-likeness (QED) is 0.782. The van der Waals surface area contributed by atoms with E-state index in [0.717, 1.165) is 17.4 Å². The van der Waals surface area contributed by atoms with Crippen molar-refractivity contribution >= 4 is 40.9 Å². The fraction of sp³-hybridized carbons (Fsp3) is 0.286. The van der Waals surface area contributed by atoms with Crippen LogP contribution in [0.4, 0.5) is 15.8 Å². The van der Waals surface area contributed by atoms with Crippen LogP contribution in [0.2, 0.25) is 0 Å². The highest BCUT2D eigenvalue weighted by Gasteiger charge is 2.42. The first-order chi connectivity index (χ1) is 14.0. The summed E-state index contributed by atoms with van der Waals surface area (Å²) in [5, 5.41) is 2.78. The molecule has 0 aliphatic carbocycles. The molecular formula is C21H20FN3O3S. The van der Waals surface area contributed by atoms with E-state index in [0.29, 0.717) is 18.7 Å². The second-order valence-corrected chi connectivity index (χ2v) is 7.90. The standard InChI is InChI=1S/C21H20FN3O3S/c1-29-15-5-2-4-14(11-15)23-19(26)12-25-18-10-13(22)7-8-16(18)20(27)24-9-3-6-17(24)21(25)28/h2,4-5,7-8,10-11,17H,3,6,9,12H2,1H3,(H,23,26)/t17-/m1/s1. The fourth-order valence-electron chi connectivity index (χ4n) is 3.84. The molecule has 0 aromatic heterocycles. The highest BCUT2D eigenvalue weighted by Crippen LogP contribution is 2.33. The average Bonchev–Trinajstić information content (AvgIpc) is 3.18. The van der Waals surface area contributed by atoms with Crippen molar-refractivity contribution in [2.75, 3.05) is 29.6 Å². The molecule has 0 bridgehead atoms. The molecule has 150 valence electrons. The van der Waals surface area contributed by atoms with E-state index in [1.807, 2.05) is 24.5 Å². The number of hydrogen-bond acceptors (Lipinski definition) is 4. The third-order valence-corrected chi connectivity index (χ3v) is 5.93. The summed E-state index contributed by atoms with van der Waals surface area (Å²) >= 11 is 1.55. The van der Waals surface area contributed by atoms with Crippen LogP contribution >= 0.6 is 11.8 Å². The van der Waals surface area contributed by atoms with Gasteiger partial charge in [-0.05, 0) is 55.5 Å². The molecule has 1 saturated heterocycles. The van der Waals surface area contributed by atoms with Crippen LogP contribution in [0.25, 0.3) is 0 Å². The number of carbonyl (C=O) groups excluding carboxylic acids is 3. The van der Waals surface area contributed by atoms with Crippen LogP contribution in [0, 0.1) is 5.82 Å². The molecule has 2 aromatic carbocycles. The maximum absolute atomic E-state index is 13.9. The summed E-state index contributed by atoms with van der Waals surface area (Å²) in [4.78, 5) is 42.5. The van der Waals surface area contributed by atoms with Crippen molar-refractivity contribution in [3.63, 3.8) is 0 Å². The zero-order valence-corrected chi connectivity index (χ0v) is 16.7. The summed E-state index contributed by atoms with van der Waals surface area (Å²) in [5.74, 6) is -1.63. The minimum atomic E-state index is -0.620. The van der Waals surface area contributed by atoms with Gasteiger partial charge in [0, 0.05) is 17.1 Å². The molecule has 0 saturated carbocycles. The van der Waals surface area contributed by atoms with Crippen LogP contribution in [0.1, 0.15) is 23.2 Å². The summed E-state index contributed by atoms with van der Waals surface area (Å²) in [7, 11) is 0. The Morgan fingerprint density at radius 2 is 2.07 bits per heavy atom. The summed E-state index contributed by atoms with van der Waals surface area (Å²) < 4.78 is 13.9. The molecule has 2 heterocycles. The number of fused-ring (bicyclic) bond motifs is 2. The van der Waals surface area contributed by atoms with Gasteiger partial charge in [0.1, 0.15) is 18.4 Å². The monoisotopic (exact) mass is 413 g/mol. The van der Waals surface area contributed by atoms with Crippen LogP contribution < -0.4 is 10.2 Å². The Balaban J connectivity index is 1.64.